The molecule has 31 heavy (non-hydrogen) atoms. The summed E-state index contributed by atoms with van der Waals surface area (Å²) < 4.78 is 1.86. The molecule has 0 bridgehead atoms. The maximum absolute atomic E-state index is 12.0. The normalized spacial score (nSPS) is 15.3. The summed E-state index contributed by atoms with van der Waals surface area (Å²) in [7, 11) is 0. The van der Waals surface area contributed by atoms with E-state index in [1.165, 1.54) is 5.56 Å². The molecule has 1 saturated heterocycles. The fourth-order valence-electron chi connectivity index (χ4n) is 4.35. The summed E-state index contributed by atoms with van der Waals surface area (Å²) in [5.41, 5.74) is 4.52. The average Bonchev–Trinajstić information content (AvgIpc) is 3.22. The van der Waals surface area contributed by atoms with E-state index in [0.29, 0.717) is 31.1 Å². The van der Waals surface area contributed by atoms with E-state index in [1.807, 2.05) is 29.1 Å². The molecule has 0 radical (unpaired) electrons. The van der Waals surface area contributed by atoms with Gasteiger partial charge in [0.25, 0.3) is 0 Å². The van der Waals surface area contributed by atoms with Crippen LogP contribution in [0.1, 0.15) is 61.0 Å². The van der Waals surface area contributed by atoms with E-state index in [1.54, 1.807) is 6.20 Å². The molecule has 6 heteroatoms. The smallest absolute Gasteiger partial charge is 0.137 e. The molecule has 1 fully saturated rings. The van der Waals surface area contributed by atoms with Gasteiger partial charge in [0.1, 0.15) is 5.78 Å². The third-order valence-electron chi connectivity index (χ3n) is 5.96. The fourth-order valence-corrected chi connectivity index (χ4v) is 4.35. The number of hydrogen-bond acceptors (Lipinski definition) is 5. The Morgan fingerprint density at radius 1 is 1.06 bits per heavy atom. The van der Waals surface area contributed by atoms with E-state index in [2.05, 4.69) is 51.4 Å². The van der Waals surface area contributed by atoms with Gasteiger partial charge in [0.05, 0.1) is 24.1 Å². The highest BCUT2D eigenvalue weighted by Crippen LogP contribution is 2.29. The topological polar surface area (TPSA) is 63.9 Å². The van der Waals surface area contributed by atoms with Crippen molar-refractivity contribution in [1.82, 2.24) is 24.9 Å². The number of rotatable bonds is 9. The number of hydrogen-bond donors (Lipinski definition) is 0. The Balaban J connectivity index is 1.28. The number of pyridine rings is 1. The van der Waals surface area contributed by atoms with E-state index >= 15 is 0 Å². The van der Waals surface area contributed by atoms with Crippen molar-refractivity contribution in [3.63, 3.8) is 0 Å². The van der Waals surface area contributed by atoms with Crippen LogP contribution in [0.2, 0.25) is 0 Å². The first-order chi connectivity index (χ1) is 15.2. The quantitative estimate of drug-likeness (QED) is 0.526. The number of carbonyl (C=O) groups is 1. The number of benzene rings is 1. The van der Waals surface area contributed by atoms with Crippen molar-refractivity contribution in [1.29, 1.82) is 0 Å². The van der Waals surface area contributed by atoms with Gasteiger partial charge >= 0.3 is 0 Å². The van der Waals surface area contributed by atoms with Crippen molar-refractivity contribution in [2.24, 2.45) is 0 Å². The van der Waals surface area contributed by atoms with Crippen LogP contribution in [0, 0.1) is 0 Å². The largest absolute Gasteiger partial charge is 0.299 e. The third-order valence-corrected chi connectivity index (χ3v) is 5.96. The Hall–Kier alpha value is -2.86. The van der Waals surface area contributed by atoms with Crippen molar-refractivity contribution in [2.45, 2.75) is 58.0 Å². The number of carbonyl (C=O) groups excluding carboxylic acids is 1. The molecule has 0 N–H and O–H groups in total. The Kier molecular flexibility index (Phi) is 7.20. The first-order valence-corrected chi connectivity index (χ1v) is 11.3. The summed E-state index contributed by atoms with van der Waals surface area (Å²) >= 11 is 0. The summed E-state index contributed by atoms with van der Waals surface area (Å²) in [6, 6.07) is 14.6. The molecule has 1 aliphatic rings. The Labute approximate surface area is 184 Å². The van der Waals surface area contributed by atoms with Crippen LogP contribution < -0.4 is 0 Å². The molecule has 2 aromatic heterocycles. The lowest BCUT2D eigenvalue weighted by Crippen LogP contribution is -2.32. The summed E-state index contributed by atoms with van der Waals surface area (Å²) in [6.07, 6.45) is 8.26. The summed E-state index contributed by atoms with van der Waals surface area (Å²) in [5.74, 6) is 0.905. The Morgan fingerprint density at radius 3 is 2.71 bits per heavy atom. The van der Waals surface area contributed by atoms with Crippen LogP contribution in [0.5, 0.6) is 0 Å². The lowest BCUT2D eigenvalue weighted by molar-refractivity contribution is -0.118. The summed E-state index contributed by atoms with van der Waals surface area (Å²) in [5, 5.41) is 8.61. The molecule has 4 rings (SSSR count). The number of aromatic nitrogens is 4. The molecule has 1 aromatic carbocycles. The van der Waals surface area contributed by atoms with Crippen LogP contribution >= 0.6 is 0 Å². The van der Waals surface area contributed by atoms with Crippen LogP contribution in [-0.2, 0) is 24.3 Å². The van der Waals surface area contributed by atoms with E-state index in [0.717, 1.165) is 55.8 Å². The first-order valence-electron chi connectivity index (χ1n) is 11.3. The zero-order valence-corrected chi connectivity index (χ0v) is 18.3. The maximum atomic E-state index is 12.0. The number of piperidine rings is 1. The molecule has 0 aliphatic carbocycles. The first kappa shape index (κ1) is 21.4. The second kappa shape index (κ2) is 10.4. The third kappa shape index (κ3) is 6.07. The highest BCUT2D eigenvalue weighted by atomic mass is 16.1. The number of Topliss-reactive ketones (excluding diaryl/α,β-unsaturated/α-hetero) is 1. The fraction of sp³-hybridized carbons (Fsp3) is 0.440. The van der Waals surface area contributed by atoms with Crippen LogP contribution in [0.4, 0.5) is 0 Å². The zero-order chi connectivity index (χ0) is 21.5. The van der Waals surface area contributed by atoms with Crippen LogP contribution in [0.25, 0.3) is 0 Å². The van der Waals surface area contributed by atoms with Gasteiger partial charge in [-0.25, -0.2) is 4.68 Å². The minimum atomic E-state index is 0.338. The molecule has 0 atom stereocenters. The second-order valence-electron chi connectivity index (χ2n) is 8.49. The van der Waals surface area contributed by atoms with Crippen molar-refractivity contribution in [3.05, 3.63) is 77.4 Å². The minimum Gasteiger partial charge on any atom is -0.299 e. The molecule has 0 amide bonds. The van der Waals surface area contributed by atoms with Crippen molar-refractivity contribution in [2.75, 3.05) is 13.1 Å². The number of likely N-dealkylation sites (tertiary alicyclic amines) is 1. The summed E-state index contributed by atoms with van der Waals surface area (Å²) in [6.45, 7) is 5.64. The molecular formula is C25H31N5O. The standard InChI is InChI=1S/C25H31N5O/c1-2-6-25(31)16-20-7-5-8-22(15-20)21-10-13-29(14-11-21)17-24-19-30(28-27-24)18-23-9-3-4-12-26-23/h3-5,7-9,12,15,19,21H,2,6,10-11,13-14,16-18H2,1H3. The highest BCUT2D eigenvalue weighted by molar-refractivity contribution is 5.80. The number of nitrogens with zero attached hydrogens (tertiary/aromatic N) is 5. The van der Waals surface area contributed by atoms with Gasteiger partial charge in [0.2, 0.25) is 0 Å². The molecule has 0 spiro atoms. The average molecular weight is 418 g/mol. The van der Waals surface area contributed by atoms with Crippen molar-refractivity contribution in [3.8, 4) is 0 Å². The molecule has 3 aromatic rings. The van der Waals surface area contributed by atoms with Crippen LogP contribution in [-0.4, -0.2) is 43.8 Å². The lowest BCUT2D eigenvalue weighted by atomic mass is 9.88. The SMILES string of the molecule is CCCC(=O)Cc1cccc(C2CCN(Cc3cn(Cc4ccccn4)nn3)CC2)c1. The Bertz CT molecular complexity index is 976. The van der Waals surface area contributed by atoms with Gasteiger partial charge in [-0.1, -0.05) is 42.5 Å². The van der Waals surface area contributed by atoms with E-state index in [4.69, 9.17) is 0 Å². The van der Waals surface area contributed by atoms with Gasteiger partial charge in [0.15, 0.2) is 0 Å². The molecule has 6 nitrogen and oxygen atoms in total. The maximum Gasteiger partial charge on any atom is 0.137 e. The predicted octanol–water partition coefficient (Wildman–Crippen LogP) is 4.01. The van der Waals surface area contributed by atoms with Gasteiger partial charge in [0, 0.05) is 25.6 Å². The van der Waals surface area contributed by atoms with Gasteiger partial charge in [-0.2, -0.15) is 0 Å². The van der Waals surface area contributed by atoms with E-state index < -0.39 is 0 Å². The predicted molar refractivity (Wildman–Crippen MR) is 121 cm³/mol. The van der Waals surface area contributed by atoms with Crippen molar-refractivity contribution < 1.29 is 4.79 Å². The Morgan fingerprint density at radius 2 is 1.94 bits per heavy atom. The molecular weight excluding hydrogens is 386 g/mol. The van der Waals surface area contributed by atoms with Gasteiger partial charge in [-0.3, -0.25) is 14.7 Å². The van der Waals surface area contributed by atoms with Crippen LogP contribution in [0.15, 0.2) is 54.9 Å². The van der Waals surface area contributed by atoms with Gasteiger partial charge in [-0.15, -0.1) is 5.10 Å². The molecule has 1 aliphatic heterocycles. The van der Waals surface area contributed by atoms with Crippen LogP contribution in [0.3, 0.4) is 0 Å². The zero-order valence-electron chi connectivity index (χ0n) is 18.3. The van der Waals surface area contributed by atoms with E-state index in [9.17, 15) is 4.79 Å². The molecule has 0 saturated carbocycles. The molecule has 0 unspecified atom stereocenters. The lowest BCUT2D eigenvalue weighted by Gasteiger charge is -2.31. The minimum absolute atomic E-state index is 0.338. The van der Waals surface area contributed by atoms with Gasteiger partial charge < -0.3 is 0 Å². The van der Waals surface area contributed by atoms with Crippen molar-refractivity contribution >= 4 is 5.78 Å². The van der Waals surface area contributed by atoms with Gasteiger partial charge in [-0.05, 0) is 61.5 Å². The molecule has 3 heterocycles. The second-order valence-corrected chi connectivity index (χ2v) is 8.49. The van der Waals surface area contributed by atoms with E-state index in [-0.39, 0.29) is 0 Å². The highest BCUT2D eigenvalue weighted by Gasteiger charge is 2.21. The number of ketones is 1. The monoisotopic (exact) mass is 417 g/mol. The molecule has 162 valence electrons. The summed E-state index contributed by atoms with van der Waals surface area (Å²) in [4.78, 5) is 18.8.